The third kappa shape index (κ3) is 4.92. The van der Waals surface area contributed by atoms with Crippen molar-refractivity contribution in [3.8, 4) is 0 Å². The van der Waals surface area contributed by atoms with Crippen molar-refractivity contribution in [1.29, 1.82) is 0 Å². The van der Waals surface area contributed by atoms with Gasteiger partial charge in [0, 0.05) is 17.8 Å². The minimum absolute atomic E-state index is 0.0338. The standard InChI is InChI=1S/C15H19N3O2S2/c1-3-10(2)16-13(19)7-6-11-9-22-15(17-11)18-14(20)12-5-4-8-21-12/h4-5,8-10H,3,6-7H2,1-2H3,(H,16,19)(H,17,18,20). The van der Waals surface area contributed by atoms with Gasteiger partial charge < -0.3 is 5.32 Å². The molecule has 0 aliphatic rings. The summed E-state index contributed by atoms with van der Waals surface area (Å²) >= 11 is 2.77. The molecule has 1 unspecified atom stereocenters. The Hall–Kier alpha value is -1.73. The molecular weight excluding hydrogens is 318 g/mol. The van der Waals surface area contributed by atoms with Gasteiger partial charge in [-0.15, -0.1) is 22.7 Å². The summed E-state index contributed by atoms with van der Waals surface area (Å²) in [5, 5.41) is 10.00. The molecule has 2 amide bonds. The van der Waals surface area contributed by atoms with Crippen LogP contribution in [0, 0.1) is 0 Å². The summed E-state index contributed by atoms with van der Waals surface area (Å²) in [6.07, 6.45) is 1.90. The zero-order valence-electron chi connectivity index (χ0n) is 12.6. The van der Waals surface area contributed by atoms with Crippen LogP contribution in [0.3, 0.4) is 0 Å². The number of hydrogen-bond acceptors (Lipinski definition) is 5. The van der Waals surface area contributed by atoms with Crippen LogP contribution >= 0.6 is 22.7 Å². The zero-order chi connectivity index (χ0) is 15.9. The molecule has 7 heteroatoms. The second-order valence-corrected chi connectivity index (χ2v) is 6.76. The Morgan fingerprint density at radius 2 is 2.18 bits per heavy atom. The molecule has 2 heterocycles. The van der Waals surface area contributed by atoms with E-state index in [1.807, 2.05) is 30.7 Å². The number of aryl methyl sites for hydroxylation is 1. The summed E-state index contributed by atoms with van der Waals surface area (Å²) in [6.45, 7) is 4.02. The smallest absolute Gasteiger partial charge is 0.267 e. The number of anilines is 1. The lowest BCUT2D eigenvalue weighted by molar-refractivity contribution is -0.121. The van der Waals surface area contributed by atoms with Gasteiger partial charge in [-0.2, -0.15) is 0 Å². The van der Waals surface area contributed by atoms with Crippen molar-refractivity contribution in [3.05, 3.63) is 33.5 Å². The number of nitrogens with one attached hydrogen (secondary N) is 2. The first-order valence-electron chi connectivity index (χ1n) is 7.17. The fourth-order valence-corrected chi connectivity index (χ4v) is 3.10. The normalized spacial score (nSPS) is 11.9. The Bertz CT molecular complexity index is 623. The summed E-state index contributed by atoms with van der Waals surface area (Å²) in [5.74, 6) is -0.114. The SMILES string of the molecule is CCC(C)NC(=O)CCc1csc(NC(=O)c2cccs2)n1. The molecule has 0 aromatic carbocycles. The van der Waals surface area contributed by atoms with E-state index in [-0.39, 0.29) is 17.9 Å². The van der Waals surface area contributed by atoms with Gasteiger partial charge in [0.1, 0.15) is 0 Å². The third-order valence-corrected chi connectivity index (χ3v) is 4.82. The lowest BCUT2D eigenvalue weighted by Crippen LogP contribution is -2.32. The van der Waals surface area contributed by atoms with E-state index < -0.39 is 0 Å². The molecule has 0 saturated carbocycles. The number of carbonyl (C=O) groups is 2. The van der Waals surface area contributed by atoms with Crippen molar-refractivity contribution in [2.24, 2.45) is 0 Å². The highest BCUT2D eigenvalue weighted by atomic mass is 32.1. The van der Waals surface area contributed by atoms with Gasteiger partial charge in [-0.05, 0) is 31.2 Å². The number of thiophene rings is 1. The minimum atomic E-state index is -0.148. The van der Waals surface area contributed by atoms with E-state index in [0.29, 0.717) is 22.9 Å². The van der Waals surface area contributed by atoms with Gasteiger partial charge in [-0.3, -0.25) is 14.9 Å². The van der Waals surface area contributed by atoms with Crippen LogP contribution in [-0.4, -0.2) is 22.8 Å². The Kier molecular flexibility index (Phi) is 6.09. The van der Waals surface area contributed by atoms with Crippen LogP contribution in [0.5, 0.6) is 0 Å². The van der Waals surface area contributed by atoms with Crippen molar-refractivity contribution in [3.63, 3.8) is 0 Å². The number of nitrogens with zero attached hydrogens (tertiary/aromatic N) is 1. The van der Waals surface area contributed by atoms with E-state index in [1.54, 1.807) is 6.07 Å². The molecule has 0 radical (unpaired) electrons. The highest BCUT2D eigenvalue weighted by Crippen LogP contribution is 2.18. The molecule has 0 aliphatic carbocycles. The van der Waals surface area contributed by atoms with Crippen molar-refractivity contribution in [2.75, 3.05) is 5.32 Å². The highest BCUT2D eigenvalue weighted by Gasteiger charge is 2.11. The first kappa shape index (κ1) is 16.6. The van der Waals surface area contributed by atoms with Crippen LogP contribution in [0.4, 0.5) is 5.13 Å². The molecule has 118 valence electrons. The molecule has 2 aromatic rings. The lowest BCUT2D eigenvalue weighted by Gasteiger charge is -2.10. The van der Waals surface area contributed by atoms with Crippen LogP contribution in [-0.2, 0) is 11.2 Å². The molecule has 0 fully saturated rings. The molecule has 2 N–H and O–H groups in total. The van der Waals surface area contributed by atoms with Crippen molar-refractivity contribution in [1.82, 2.24) is 10.3 Å². The first-order valence-corrected chi connectivity index (χ1v) is 8.93. The monoisotopic (exact) mass is 337 g/mol. The highest BCUT2D eigenvalue weighted by molar-refractivity contribution is 7.14. The first-order chi connectivity index (χ1) is 10.6. The number of aromatic nitrogens is 1. The summed E-state index contributed by atoms with van der Waals surface area (Å²) in [6, 6.07) is 3.81. The number of hydrogen-bond donors (Lipinski definition) is 2. The second-order valence-electron chi connectivity index (χ2n) is 4.95. The van der Waals surface area contributed by atoms with Gasteiger partial charge in [0.05, 0.1) is 10.6 Å². The minimum Gasteiger partial charge on any atom is -0.354 e. The second kappa shape index (κ2) is 8.05. The third-order valence-electron chi connectivity index (χ3n) is 3.15. The maximum absolute atomic E-state index is 11.9. The molecule has 0 saturated heterocycles. The number of rotatable bonds is 7. The predicted octanol–water partition coefficient (Wildman–Crippen LogP) is 3.30. The van der Waals surface area contributed by atoms with E-state index in [1.165, 1.54) is 22.7 Å². The Balaban J connectivity index is 1.81. The van der Waals surface area contributed by atoms with Crippen LogP contribution in [0.1, 0.15) is 42.1 Å². The lowest BCUT2D eigenvalue weighted by atomic mass is 10.2. The molecule has 22 heavy (non-hydrogen) atoms. The topological polar surface area (TPSA) is 71.1 Å². The average Bonchev–Trinajstić information content (AvgIpc) is 3.16. The van der Waals surface area contributed by atoms with Crippen molar-refractivity contribution < 1.29 is 9.59 Å². The molecule has 0 aliphatic heterocycles. The number of amides is 2. The summed E-state index contributed by atoms with van der Waals surface area (Å²) in [4.78, 5) is 28.6. The van der Waals surface area contributed by atoms with Gasteiger partial charge in [0.25, 0.3) is 5.91 Å². The van der Waals surface area contributed by atoms with E-state index in [9.17, 15) is 9.59 Å². The summed E-state index contributed by atoms with van der Waals surface area (Å²) in [5.41, 5.74) is 0.825. The van der Waals surface area contributed by atoms with Crippen LogP contribution in [0.25, 0.3) is 0 Å². The Labute approximate surface area is 137 Å². The fraction of sp³-hybridized carbons (Fsp3) is 0.400. The fourth-order valence-electron chi connectivity index (χ4n) is 1.74. The van der Waals surface area contributed by atoms with Crippen molar-refractivity contribution in [2.45, 2.75) is 39.2 Å². The average molecular weight is 337 g/mol. The van der Waals surface area contributed by atoms with Crippen LogP contribution < -0.4 is 10.6 Å². The quantitative estimate of drug-likeness (QED) is 0.814. The van der Waals surface area contributed by atoms with E-state index in [2.05, 4.69) is 15.6 Å². The van der Waals surface area contributed by atoms with Gasteiger partial charge >= 0.3 is 0 Å². The van der Waals surface area contributed by atoms with E-state index >= 15 is 0 Å². The van der Waals surface area contributed by atoms with Gasteiger partial charge in [-0.25, -0.2) is 4.98 Å². The number of thiazole rings is 1. The molecule has 2 aromatic heterocycles. The molecule has 0 spiro atoms. The van der Waals surface area contributed by atoms with Gasteiger partial charge in [-0.1, -0.05) is 13.0 Å². The van der Waals surface area contributed by atoms with Gasteiger partial charge in [0.15, 0.2) is 5.13 Å². The Morgan fingerprint density at radius 3 is 2.86 bits per heavy atom. The van der Waals surface area contributed by atoms with E-state index in [4.69, 9.17) is 0 Å². The molecule has 2 rings (SSSR count). The molecule has 1 atom stereocenters. The largest absolute Gasteiger partial charge is 0.354 e. The maximum Gasteiger partial charge on any atom is 0.267 e. The maximum atomic E-state index is 11.9. The predicted molar refractivity (Wildman–Crippen MR) is 90.6 cm³/mol. The van der Waals surface area contributed by atoms with Crippen LogP contribution in [0.2, 0.25) is 0 Å². The summed E-state index contributed by atoms with van der Waals surface area (Å²) in [7, 11) is 0. The van der Waals surface area contributed by atoms with E-state index in [0.717, 1.165) is 12.1 Å². The molecule has 0 bridgehead atoms. The Morgan fingerprint density at radius 1 is 1.36 bits per heavy atom. The number of carbonyl (C=O) groups excluding carboxylic acids is 2. The van der Waals surface area contributed by atoms with Gasteiger partial charge in [0.2, 0.25) is 5.91 Å². The molecular formula is C15H19N3O2S2. The summed E-state index contributed by atoms with van der Waals surface area (Å²) < 4.78 is 0. The zero-order valence-corrected chi connectivity index (χ0v) is 14.2. The molecule has 5 nitrogen and oxygen atoms in total. The van der Waals surface area contributed by atoms with Crippen molar-refractivity contribution >= 4 is 39.6 Å². The van der Waals surface area contributed by atoms with Crippen LogP contribution in [0.15, 0.2) is 22.9 Å².